The number of fused-ring (bicyclic) bond motifs is 1. The molecule has 0 spiro atoms. The van der Waals surface area contributed by atoms with E-state index in [2.05, 4.69) is 8.75 Å². The lowest BCUT2D eigenvalue weighted by molar-refractivity contribution is -0.153. The number of carboxylic acid groups (broad SMARTS) is 1. The van der Waals surface area contributed by atoms with Gasteiger partial charge in [-0.25, -0.2) is 0 Å². The molecule has 5 nitrogen and oxygen atoms in total. The third-order valence-electron chi connectivity index (χ3n) is 4.88. The molecule has 2 aromatic carbocycles. The molecule has 4 rings (SSSR count). The van der Waals surface area contributed by atoms with E-state index in [0.717, 1.165) is 30.1 Å². The summed E-state index contributed by atoms with van der Waals surface area (Å²) in [4.78, 5) is 11.8. The zero-order chi connectivity index (χ0) is 20.6. The number of carboxylic acids is 1. The summed E-state index contributed by atoms with van der Waals surface area (Å²) in [7, 11) is 0. The Morgan fingerprint density at radius 1 is 1.14 bits per heavy atom. The molecule has 1 saturated carbocycles. The SMILES string of the molecule is O=C(O)C(CC1CC1)c1cc(OCC(F)(F)F)cc(-c2ccc3nsnc3c2)c1. The van der Waals surface area contributed by atoms with Crippen molar-refractivity contribution in [2.45, 2.75) is 31.4 Å². The molecule has 152 valence electrons. The van der Waals surface area contributed by atoms with Gasteiger partial charge in [0.1, 0.15) is 16.8 Å². The van der Waals surface area contributed by atoms with E-state index in [4.69, 9.17) is 4.74 Å². The fourth-order valence-corrected chi connectivity index (χ4v) is 3.78. The maximum atomic E-state index is 12.6. The maximum Gasteiger partial charge on any atom is 0.422 e. The summed E-state index contributed by atoms with van der Waals surface area (Å²) in [5.41, 5.74) is 3.12. The van der Waals surface area contributed by atoms with Crippen molar-refractivity contribution in [1.82, 2.24) is 8.75 Å². The van der Waals surface area contributed by atoms with Crippen LogP contribution in [-0.4, -0.2) is 32.6 Å². The van der Waals surface area contributed by atoms with E-state index < -0.39 is 24.7 Å². The Morgan fingerprint density at radius 3 is 2.59 bits per heavy atom. The van der Waals surface area contributed by atoms with E-state index in [1.54, 1.807) is 24.3 Å². The first-order valence-electron chi connectivity index (χ1n) is 9.08. The van der Waals surface area contributed by atoms with Crippen molar-refractivity contribution < 1.29 is 27.8 Å². The number of aromatic nitrogens is 2. The van der Waals surface area contributed by atoms with Crippen LogP contribution >= 0.6 is 11.7 Å². The quantitative estimate of drug-likeness (QED) is 0.562. The second kappa shape index (κ2) is 7.62. The Labute approximate surface area is 168 Å². The molecule has 29 heavy (non-hydrogen) atoms. The van der Waals surface area contributed by atoms with Crippen LogP contribution < -0.4 is 4.74 Å². The van der Waals surface area contributed by atoms with Gasteiger partial charge in [-0.05, 0) is 53.3 Å². The average Bonchev–Trinajstić information content (AvgIpc) is 3.37. The summed E-state index contributed by atoms with van der Waals surface area (Å²) >= 11 is 1.07. The minimum absolute atomic E-state index is 0.00614. The predicted octanol–water partition coefficient (Wildman–Crippen LogP) is 5.27. The number of halogens is 3. The molecule has 1 aliphatic carbocycles. The topological polar surface area (TPSA) is 72.3 Å². The number of ether oxygens (including phenoxy) is 1. The number of hydrogen-bond acceptors (Lipinski definition) is 5. The normalized spacial score (nSPS) is 15.4. The molecular formula is C20H17F3N2O3S. The Bertz CT molecular complexity index is 1050. The number of alkyl halides is 3. The highest BCUT2D eigenvalue weighted by Crippen LogP contribution is 2.40. The maximum absolute atomic E-state index is 12.6. The average molecular weight is 422 g/mol. The zero-order valence-corrected chi connectivity index (χ0v) is 16.0. The lowest BCUT2D eigenvalue weighted by atomic mass is 9.90. The molecule has 0 radical (unpaired) electrons. The molecule has 3 aromatic rings. The number of hydrogen-bond donors (Lipinski definition) is 1. The van der Waals surface area contributed by atoms with Crippen LogP contribution in [0.4, 0.5) is 13.2 Å². The van der Waals surface area contributed by atoms with Crippen LogP contribution in [0, 0.1) is 5.92 Å². The molecule has 1 heterocycles. The van der Waals surface area contributed by atoms with Crippen LogP contribution in [-0.2, 0) is 4.79 Å². The third-order valence-corrected chi connectivity index (χ3v) is 5.44. The second-order valence-electron chi connectivity index (χ2n) is 7.23. The standard InChI is InChI=1S/C20H17F3N2O3S/c21-20(22,23)10-28-15-7-13(12-3-4-17-18(9-12)25-29-24-17)6-14(8-15)16(19(26)27)5-11-1-2-11/h3-4,6-9,11,16H,1-2,5,10H2,(H,26,27). The van der Waals surface area contributed by atoms with E-state index in [0.29, 0.717) is 34.5 Å². The van der Waals surface area contributed by atoms with Crippen LogP contribution in [0.2, 0.25) is 0 Å². The van der Waals surface area contributed by atoms with E-state index in [-0.39, 0.29) is 5.75 Å². The van der Waals surface area contributed by atoms with Crippen molar-refractivity contribution in [2.24, 2.45) is 5.92 Å². The number of aliphatic carboxylic acids is 1. The van der Waals surface area contributed by atoms with Gasteiger partial charge in [-0.3, -0.25) is 4.79 Å². The van der Waals surface area contributed by atoms with Gasteiger partial charge >= 0.3 is 12.1 Å². The minimum atomic E-state index is -4.48. The van der Waals surface area contributed by atoms with Gasteiger partial charge in [-0.15, -0.1) is 0 Å². The van der Waals surface area contributed by atoms with E-state index in [1.807, 2.05) is 0 Å². The van der Waals surface area contributed by atoms with Crippen molar-refractivity contribution in [2.75, 3.05) is 6.61 Å². The molecule has 1 atom stereocenters. The fraction of sp³-hybridized carbons (Fsp3) is 0.350. The van der Waals surface area contributed by atoms with Gasteiger partial charge in [-0.2, -0.15) is 21.9 Å². The largest absolute Gasteiger partial charge is 0.484 e. The van der Waals surface area contributed by atoms with Gasteiger partial charge in [0.15, 0.2) is 6.61 Å². The van der Waals surface area contributed by atoms with Gasteiger partial charge in [0, 0.05) is 0 Å². The summed E-state index contributed by atoms with van der Waals surface area (Å²) in [6.07, 6.45) is -2.06. The van der Waals surface area contributed by atoms with Crippen LogP contribution in [0.25, 0.3) is 22.2 Å². The van der Waals surface area contributed by atoms with Crippen molar-refractivity contribution in [3.8, 4) is 16.9 Å². The highest BCUT2D eigenvalue weighted by atomic mass is 32.1. The molecule has 0 amide bonds. The van der Waals surface area contributed by atoms with Crippen LogP contribution in [0.3, 0.4) is 0 Å². The molecule has 1 N–H and O–H groups in total. The molecule has 0 aliphatic heterocycles. The van der Waals surface area contributed by atoms with Crippen LogP contribution in [0.15, 0.2) is 36.4 Å². The monoisotopic (exact) mass is 422 g/mol. The zero-order valence-electron chi connectivity index (χ0n) is 15.1. The number of nitrogens with zero attached hydrogens (tertiary/aromatic N) is 2. The second-order valence-corrected chi connectivity index (χ2v) is 7.76. The molecule has 1 aliphatic rings. The molecule has 0 bridgehead atoms. The van der Waals surface area contributed by atoms with Crippen molar-refractivity contribution >= 4 is 28.7 Å². The number of benzene rings is 2. The highest BCUT2D eigenvalue weighted by molar-refractivity contribution is 7.00. The van der Waals surface area contributed by atoms with E-state index in [1.165, 1.54) is 12.1 Å². The Morgan fingerprint density at radius 2 is 1.90 bits per heavy atom. The predicted molar refractivity (Wildman–Crippen MR) is 102 cm³/mol. The first kappa shape index (κ1) is 19.6. The third kappa shape index (κ3) is 4.84. The van der Waals surface area contributed by atoms with E-state index in [9.17, 15) is 23.1 Å². The summed E-state index contributed by atoms with van der Waals surface area (Å²) in [6.45, 7) is -1.44. The van der Waals surface area contributed by atoms with Crippen molar-refractivity contribution in [3.05, 3.63) is 42.0 Å². The Balaban J connectivity index is 1.74. The summed E-state index contributed by atoms with van der Waals surface area (Å²) in [6, 6.07) is 9.94. The number of rotatable bonds is 7. The van der Waals surface area contributed by atoms with E-state index >= 15 is 0 Å². The summed E-state index contributed by atoms with van der Waals surface area (Å²) < 4.78 is 51.2. The fourth-order valence-electron chi connectivity index (χ4n) is 3.27. The first-order chi connectivity index (χ1) is 13.8. The molecule has 1 aromatic heterocycles. The Hall–Kier alpha value is -2.68. The summed E-state index contributed by atoms with van der Waals surface area (Å²) in [5, 5.41) is 9.69. The van der Waals surface area contributed by atoms with Crippen molar-refractivity contribution in [1.29, 1.82) is 0 Å². The van der Waals surface area contributed by atoms with Gasteiger partial charge < -0.3 is 9.84 Å². The molecule has 1 unspecified atom stereocenters. The smallest absolute Gasteiger partial charge is 0.422 e. The van der Waals surface area contributed by atoms with Gasteiger partial charge in [0.2, 0.25) is 0 Å². The molecule has 1 fully saturated rings. The lowest BCUT2D eigenvalue weighted by Crippen LogP contribution is -2.19. The minimum Gasteiger partial charge on any atom is -0.484 e. The number of carbonyl (C=O) groups is 1. The van der Waals surface area contributed by atoms with Gasteiger partial charge in [0.05, 0.1) is 17.6 Å². The van der Waals surface area contributed by atoms with Gasteiger partial charge in [0.25, 0.3) is 0 Å². The van der Waals surface area contributed by atoms with Crippen molar-refractivity contribution in [3.63, 3.8) is 0 Å². The first-order valence-corrected chi connectivity index (χ1v) is 9.81. The molecular weight excluding hydrogens is 405 g/mol. The van der Waals surface area contributed by atoms with Crippen LogP contribution in [0.5, 0.6) is 5.75 Å². The molecule has 0 saturated heterocycles. The lowest BCUT2D eigenvalue weighted by Gasteiger charge is -2.17. The highest BCUT2D eigenvalue weighted by Gasteiger charge is 2.32. The van der Waals surface area contributed by atoms with Crippen LogP contribution in [0.1, 0.15) is 30.7 Å². The Kier molecular flexibility index (Phi) is 5.16. The van der Waals surface area contributed by atoms with Gasteiger partial charge in [-0.1, -0.05) is 25.0 Å². The summed E-state index contributed by atoms with van der Waals surface area (Å²) in [5.74, 6) is -1.44. The molecule has 9 heteroatoms.